The molecule has 160 valence electrons. The van der Waals surface area contributed by atoms with Crippen LogP contribution in [0.15, 0.2) is 35.7 Å². The number of thiophene rings is 1. The van der Waals surface area contributed by atoms with Gasteiger partial charge in [0.15, 0.2) is 6.61 Å². The van der Waals surface area contributed by atoms with E-state index in [0.717, 1.165) is 11.1 Å². The number of aryl methyl sites for hydroxylation is 2. The highest BCUT2D eigenvalue weighted by atomic mass is 32.1. The summed E-state index contributed by atoms with van der Waals surface area (Å²) in [4.78, 5) is 48.9. The average molecular weight is 432 g/mol. The highest BCUT2D eigenvalue weighted by Gasteiger charge is 2.27. The number of nitrogens with one attached hydrogen (secondary N) is 3. The van der Waals surface area contributed by atoms with E-state index in [4.69, 9.17) is 4.74 Å². The van der Waals surface area contributed by atoms with Gasteiger partial charge in [-0.3, -0.25) is 14.9 Å². The first-order valence-corrected chi connectivity index (χ1v) is 10.2. The quantitative estimate of drug-likeness (QED) is 0.583. The van der Waals surface area contributed by atoms with Gasteiger partial charge in [-0.15, -0.1) is 11.3 Å². The van der Waals surface area contributed by atoms with Gasteiger partial charge in [0.1, 0.15) is 6.04 Å². The van der Waals surface area contributed by atoms with Crippen LogP contribution in [0.1, 0.15) is 34.6 Å². The number of hydrogen-bond acceptors (Lipinski definition) is 6. The maximum absolute atomic E-state index is 12.3. The first-order chi connectivity index (χ1) is 14.2. The van der Waals surface area contributed by atoms with Gasteiger partial charge in [-0.05, 0) is 54.5 Å². The third-order valence-electron chi connectivity index (χ3n) is 4.32. The maximum atomic E-state index is 12.3. The maximum Gasteiger partial charge on any atom is 0.329 e. The lowest BCUT2D eigenvalue weighted by atomic mass is 10.0. The van der Waals surface area contributed by atoms with Crippen LogP contribution in [0.4, 0.5) is 10.5 Å². The van der Waals surface area contributed by atoms with Gasteiger partial charge >= 0.3 is 12.0 Å². The molecular formula is C21H25N3O5S. The summed E-state index contributed by atoms with van der Waals surface area (Å²) in [5.74, 6) is -2.17. The van der Waals surface area contributed by atoms with Crippen molar-refractivity contribution < 1.29 is 23.9 Å². The zero-order valence-electron chi connectivity index (χ0n) is 17.3. The van der Waals surface area contributed by atoms with Crippen LogP contribution in [-0.4, -0.2) is 36.5 Å². The molecule has 0 saturated carbocycles. The number of carbonyl (C=O) groups excluding carboxylic acids is 4. The lowest BCUT2D eigenvalue weighted by Crippen LogP contribution is -2.46. The van der Waals surface area contributed by atoms with Crippen molar-refractivity contribution in [3.05, 3.63) is 51.7 Å². The van der Waals surface area contributed by atoms with Crippen LogP contribution >= 0.6 is 11.3 Å². The molecule has 1 aromatic carbocycles. The number of anilines is 1. The van der Waals surface area contributed by atoms with Crippen LogP contribution in [-0.2, 0) is 14.3 Å². The van der Waals surface area contributed by atoms with Gasteiger partial charge in [0.05, 0.1) is 4.88 Å². The van der Waals surface area contributed by atoms with Crippen LogP contribution in [0.2, 0.25) is 0 Å². The zero-order valence-corrected chi connectivity index (χ0v) is 18.1. The molecule has 0 bridgehead atoms. The molecule has 0 aliphatic heterocycles. The molecule has 9 heteroatoms. The normalized spacial score (nSPS) is 11.5. The SMILES string of the molecule is Cc1ccc(NC(=O)NC(=O)COC(=O)C(NC(=O)c2cccs2)C(C)C)cc1C. The third-order valence-corrected chi connectivity index (χ3v) is 5.18. The van der Waals surface area contributed by atoms with Gasteiger partial charge < -0.3 is 15.4 Å². The number of ether oxygens (including phenoxy) is 1. The molecule has 30 heavy (non-hydrogen) atoms. The summed E-state index contributed by atoms with van der Waals surface area (Å²) < 4.78 is 4.99. The minimum absolute atomic E-state index is 0.252. The highest BCUT2D eigenvalue weighted by molar-refractivity contribution is 7.12. The van der Waals surface area contributed by atoms with Gasteiger partial charge in [-0.1, -0.05) is 26.0 Å². The number of amides is 4. The summed E-state index contributed by atoms with van der Waals surface area (Å²) in [5.41, 5.74) is 2.61. The smallest absolute Gasteiger partial charge is 0.329 e. The fraction of sp³-hybridized carbons (Fsp3) is 0.333. The highest BCUT2D eigenvalue weighted by Crippen LogP contribution is 2.14. The minimum Gasteiger partial charge on any atom is -0.454 e. The van der Waals surface area contributed by atoms with Crippen molar-refractivity contribution in [1.29, 1.82) is 0 Å². The number of imide groups is 1. The molecule has 8 nitrogen and oxygen atoms in total. The molecule has 1 aromatic heterocycles. The number of rotatable bonds is 7. The molecule has 0 aliphatic carbocycles. The zero-order chi connectivity index (χ0) is 22.3. The van der Waals surface area contributed by atoms with E-state index in [0.29, 0.717) is 10.6 Å². The Bertz CT molecular complexity index is 925. The van der Waals surface area contributed by atoms with Gasteiger partial charge in [0, 0.05) is 5.69 Å². The first-order valence-electron chi connectivity index (χ1n) is 9.36. The molecule has 0 saturated heterocycles. The van der Waals surface area contributed by atoms with Crippen molar-refractivity contribution in [3.63, 3.8) is 0 Å². The Hall–Kier alpha value is -3.20. The Labute approximate surface area is 179 Å². The fourth-order valence-corrected chi connectivity index (χ4v) is 3.12. The van der Waals surface area contributed by atoms with E-state index in [1.54, 1.807) is 43.5 Å². The van der Waals surface area contributed by atoms with Crippen LogP contribution in [0, 0.1) is 19.8 Å². The number of carbonyl (C=O) groups is 4. The van der Waals surface area contributed by atoms with Crippen LogP contribution in [0.3, 0.4) is 0 Å². The van der Waals surface area contributed by atoms with Crippen molar-refractivity contribution in [3.8, 4) is 0 Å². The second-order valence-electron chi connectivity index (χ2n) is 7.08. The second kappa shape index (κ2) is 10.5. The summed E-state index contributed by atoms with van der Waals surface area (Å²) in [6, 6.07) is 7.08. The van der Waals surface area contributed by atoms with E-state index in [1.165, 1.54) is 11.3 Å². The monoisotopic (exact) mass is 431 g/mol. The number of hydrogen-bond donors (Lipinski definition) is 3. The van der Waals surface area contributed by atoms with Gasteiger partial charge in [-0.2, -0.15) is 0 Å². The molecule has 0 fully saturated rings. The van der Waals surface area contributed by atoms with E-state index in [-0.39, 0.29) is 5.92 Å². The molecule has 2 rings (SSSR count). The molecule has 3 N–H and O–H groups in total. The molecule has 0 radical (unpaired) electrons. The standard InChI is InChI=1S/C21H25N3O5S/c1-12(2)18(24-19(26)16-6-5-9-30-16)20(27)29-11-17(25)23-21(28)22-15-8-7-13(3)14(4)10-15/h5-10,12,18H,11H2,1-4H3,(H,24,26)(H2,22,23,25,28). The van der Waals surface area contributed by atoms with Gasteiger partial charge in [0.25, 0.3) is 11.8 Å². The van der Waals surface area contributed by atoms with Crippen molar-refractivity contribution in [1.82, 2.24) is 10.6 Å². The third kappa shape index (κ3) is 6.70. The van der Waals surface area contributed by atoms with E-state index in [1.807, 2.05) is 19.9 Å². The lowest BCUT2D eigenvalue weighted by Gasteiger charge is -2.20. The topological polar surface area (TPSA) is 114 Å². The lowest BCUT2D eigenvalue weighted by molar-refractivity contribution is -0.151. The van der Waals surface area contributed by atoms with E-state index in [2.05, 4.69) is 16.0 Å². The molecule has 1 heterocycles. The van der Waals surface area contributed by atoms with E-state index < -0.39 is 36.5 Å². The molecule has 1 atom stereocenters. The van der Waals surface area contributed by atoms with Crippen LogP contribution in [0.25, 0.3) is 0 Å². The summed E-state index contributed by atoms with van der Waals surface area (Å²) in [5, 5.41) is 9.01. The van der Waals surface area contributed by atoms with Crippen LogP contribution < -0.4 is 16.0 Å². The largest absolute Gasteiger partial charge is 0.454 e. The first kappa shape index (κ1) is 23.1. The van der Waals surface area contributed by atoms with E-state index in [9.17, 15) is 19.2 Å². The Morgan fingerprint density at radius 2 is 1.80 bits per heavy atom. The molecule has 2 aromatic rings. The average Bonchev–Trinajstić information content (AvgIpc) is 3.21. The van der Waals surface area contributed by atoms with E-state index >= 15 is 0 Å². The molecule has 4 amide bonds. The van der Waals surface area contributed by atoms with Gasteiger partial charge in [-0.25, -0.2) is 9.59 Å². The summed E-state index contributed by atoms with van der Waals surface area (Å²) in [6.45, 7) is 6.71. The Kier molecular flexibility index (Phi) is 8.11. The summed E-state index contributed by atoms with van der Waals surface area (Å²) in [7, 11) is 0. The minimum atomic E-state index is -0.920. The van der Waals surface area contributed by atoms with Crippen molar-refractivity contribution in [2.45, 2.75) is 33.7 Å². The van der Waals surface area contributed by atoms with Crippen molar-refractivity contribution in [2.24, 2.45) is 5.92 Å². The second-order valence-corrected chi connectivity index (χ2v) is 8.03. The number of esters is 1. The Balaban J connectivity index is 1.83. The van der Waals surface area contributed by atoms with Crippen molar-refractivity contribution >= 4 is 40.8 Å². The Morgan fingerprint density at radius 1 is 1.07 bits per heavy atom. The van der Waals surface area contributed by atoms with Crippen LogP contribution in [0.5, 0.6) is 0 Å². The predicted molar refractivity (Wildman–Crippen MR) is 114 cm³/mol. The predicted octanol–water partition coefficient (Wildman–Crippen LogP) is 3.01. The summed E-state index contributed by atoms with van der Waals surface area (Å²) >= 11 is 1.25. The molecular weight excluding hydrogens is 406 g/mol. The fourth-order valence-electron chi connectivity index (χ4n) is 2.49. The van der Waals surface area contributed by atoms with Crippen molar-refractivity contribution in [2.75, 3.05) is 11.9 Å². The molecule has 0 aliphatic rings. The molecule has 0 spiro atoms. The number of urea groups is 1. The van der Waals surface area contributed by atoms with Gasteiger partial charge in [0.2, 0.25) is 0 Å². The molecule has 1 unspecified atom stereocenters. The Morgan fingerprint density at radius 3 is 2.40 bits per heavy atom. The summed E-state index contributed by atoms with van der Waals surface area (Å²) in [6.07, 6.45) is 0. The number of benzene rings is 1.